The monoisotopic (exact) mass is 273 g/mol. The van der Waals surface area contributed by atoms with Gasteiger partial charge in [-0.2, -0.15) is 0 Å². The zero-order valence-electron chi connectivity index (χ0n) is 11.2. The van der Waals surface area contributed by atoms with Crippen LogP contribution in [0.2, 0.25) is 0 Å². The summed E-state index contributed by atoms with van der Waals surface area (Å²) in [5.41, 5.74) is 3.77. The fourth-order valence-corrected chi connectivity index (χ4v) is 4.31. The van der Waals surface area contributed by atoms with Crippen LogP contribution < -0.4 is 0 Å². The van der Waals surface area contributed by atoms with Crippen molar-refractivity contribution in [2.45, 2.75) is 38.3 Å². The number of nitrogens with zero attached hydrogens (tertiary/aromatic N) is 2. The molecule has 1 aromatic carbocycles. The van der Waals surface area contributed by atoms with Crippen LogP contribution in [0.25, 0.3) is 11.0 Å². The van der Waals surface area contributed by atoms with Gasteiger partial charge in [-0.15, -0.1) is 0 Å². The van der Waals surface area contributed by atoms with Crippen LogP contribution in [0.4, 0.5) is 0 Å². The molecule has 100 valence electrons. The molecule has 0 saturated carbocycles. The number of benzene rings is 1. The molecule has 0 spiro atoms. The second kappa shape index (κ2) is 4.18. The predicted octanol–water partition coefficient (Wildman–Crippen LogP) is 3.42. The number of fused-ring (bicyclic) bond motifs is 2. The summed E-state index contributed by atoms with van der Waals surface area (Å²) in [5, 5.41) is 0. The number of hydrogen-bond donors (Lipinski definition) is 1. The van der Waals surface area contributed by atoms with E-state index in [4.69, 9.17) is 12.2 Å². The van der Waals surface area contributed by atoms with Gasteiger partial charge in [0, 0.05) is 12.6 Å². The smallest absolute Gasteiger partial charge is 0.178 e. The minimum atomic E-state index is 0.561. The molecule has 0 amide bonds. The summed E-state index contributed by atoms with van der Waals surface area (Å²) < 4.78 is 3.27. The van der Waals surface area contributed by atoms with Crippen LogP contribution in [-0.4, -0.2) is 33.6 Å². The Hall–Kier alpha value is -1.13. The maximum Gasteiger partial charge on any atom is 0.178 e. The molecule has 4 rings (SSSR count). The lowest BCUT2D eigenvalue weighted by Gasteiger charge is -2.22. The van der Waals surface area contributed by atoms with E-state index in [9.17, 15) is 0 Å². The third kappa shape index (κ3) is 1.63. The van der Waals surface area contributed by atoms with Gasteiger partial charge in [0.05, 0.1) is 17.1 Å². The Kier molecular flexibility index (Phi) is 2.57. The van der Waals surface area contributed by atoms with Crippen LogP contribution in [0.3, 0.4) is 0 Å². The SMILES string of the molecule is Cc1cccc2c1[nH]c(=S)n2C1CCN2CCCC12. The second-order valence-electron chi connectivity index (χ2n) is 5.87. The third-order valence-electron chi connectivity index (χ3n) is 4.86. The van der Waals surface area contributed by atoms with Crippen LogP contribution in [0.1, 0.15) is 30.9 Å². The van der Waals surface area contributed by atoms with Gasteiger partial charge in [-0.05, 0) is 56.6 Å². The van der Waals surface area contributed by atoms with Gasteiger partial charge in [0.1, 0.15) is 0 Å². The van der Waals surface area contributed by atoms with Crippen molar-refractivity contribution >= 4 is 23.3 Å². The number of H-pyrrole nitrogens is 1. The molecule has 2 fully saturated rings. The Balaban J connectivity index is 1.89. The van der Waals surface area contributed by atoms with Crippen molar-refractivity contribution < 1.29 is 0 Å². The van der Waals surface area contributed by atoms with Gasteiger partial charge in [-0.1, -0.05) is 12.1 Å². The van der Waals surface area contributed by atoms with E-state index in [-0.39, 0.29) is 0 Å². The van der Waals surface area contributed by atoms with Gasteiger partial charge in [-0.25, -0.2) is 0 Å². The first kappa shape index (κ1) is 11.7. The number of nitrogens with one attached hydrogen (secondary N) is 1. The highest BCUT2D eigenvalue weighted by Crippen LogP contribution is 2.38. The molecule has 0 radical (unpaired) electrons. The van der Waals surface area contributed by atoms with Crippen molar-refractivity contribution in [1.29, 1.82) is 0 Å². The molecule has 2 unspecified atom stereocenters. The van der Waals surface area contributed by atoms with Crippen molar-refractivity contribution in [2.75, 3.05) is 13.1 Å². The molecule has 2 aromatic rings. The van der Waals surface area contributed by atoms with E-state index in [0.717, 1.165) is 4.77 Å². The Morgan fingerprint density at radius 1 is 1.21 bits per heavy atom. The van der Waals surface area contributed by atoms with Crippen LogP contribution >= 0.6 is 12.2 Å². The van der Waals surface area contributed by atoms with E-state index in [0.29, 0.717) is 12.1 Å². The first-order chi connectivity index (χ1) is 9.25. The lowest BCUT2D eigenvalue weighted by molar-refractivity contribution is 0.291. The lowest BCUT2D eigenvalue weighted by Crippen LogP contribution is -2.27. The van der Waals surface area contributed by atoms with E-state index < -0.39 is 0 Å². The van der Waals surface area contributed by atoms with Gasteiger partial charge in [-0.3, -0.25) is 4.90 Å². The Bertz CT molecular complexity index is 684. The molecular weight excluding hydrogens is 254 g/mol. The largest absolute Gasteiger partial charge is 0.330 e. The number of hydrogen-bond acceptors (Lipinski definition) is 2. The van der Waals surface area contributed by atoms with Gasteiger partial charge < -0.3 is 9.55 Å². The highest BCUT2D eigenvalue weighted by molar-refractivity contribution is 7.71. The van der Waals surface area contributed by atoms with Crippen LogP contribution in [-0.2, 0) is 0 Å². The maximum absolute atomic E-state index is 5.60. The van der Waals surface area contributed by atoms with Crippen molar-refractivity contribution in [3.05, 3.63) is 28.5 Å². The fourth-order valence-electron chi connectivity index (χ4n) is 3.98. The molecule has 0 bridgehead atoms. The van der Waals surface area contributed by atoms with E-state index in [2.05, 4.69) is 39.6 Å². The summed E-state index contributed by atoms with van der Waals surface area (Å²) in [6, 6.07) is 7.75. The summed E-state index contributed by atoms with van der Waals surface area (Å²) in [5.74, 6) is 0. The van der Waals surface area contributed by atoms with Crippen molar-refractivity contribution in [2.24, 2.45) is 0 Å². The van der Waals surface area contributed by atoms with Crippen LogP contribution in [0.5, 0.6) is 0 Å². The van der Waals surface area contributed by atoms with Crippen molar-refractivity contribution in [3.8, 4) is 0 Å². The summed E-state index contributed by atoms with van der Waals surface area (Å²) in [6.45, 7) is 4.65. The average Bonchev–Trinajstić information content (AvgIpc) is 3.03. The summed E-state index contributed by atoms with van der Waals surface area (Å²) in [4.78, 5) is 6.05. The van der Waals surface area contributed by atoms with Gasteiger partial charge in [0.15, 0.2) is 4.77 Å². The molecule has 2 aliphatic heterocycles. The molecule has 4 heteroatoms. The Morgan fingerprint density at radius 2 is 2.11 bits per heavy atom. The van der Waals surface area contributed by atoms with Gasteiger partial charge >= 0.3 is 0 Å². The van der Waals surface area contributed by atoms with Crippen molar-refractivity contribution in [3.63, 3.8) is 0 Å². The number of imidazole rings is 1. The molecule has 1 N–H and O–H groups in total. The second-order valence-corrected chi connectivity index (χ2v) is 6.26. The van der Waals surface area contributed by atoms with E-state index >= 15 is 0 Å². The maximum atomic E-state index is 5.60. The average molecular weight is 273 g/mol. The quantitative estimate of drug-likeness (QED) is 0.805. The number of aryl methyl sites for hydroxylation is 1. The predicted molar refractivity (Wildman–Crippen MR) is 80.1 cm³/mol. The normalized spacial score (nSPS) is 27.2. The zero-order valence-corrected chi connectivity index (χ0v) is 12.0. The van der Waals surface area contributed by atoms with E-state index in [1.54, 1.807) is 0 Å². The first-order valence-corrected chi connectivity index (χ1v) is 7.60. The standard InChI is InChI=1S/C15H19N3S/c1-10-4-2-5-13-14(10)16-15(19)18(13)12-7-9-17-8-3-6-11(12)17/h2,4-5,11-12H,3,6-9H2,1H3,(H,16,19). The molecule has 0 aliphatic carbocycles. The molecule has 2 aliphatic rings. The number of aromatic nitrogens is 2. The van der Waals surface area contributed by atoms with Crippen LogP contribution in [0.15, 0.2) is 18.2 Å². The molecule has 19 heavy (non-hydrogen) atoms. The number of para-hydroxylation sites is 1. The summed E-state index contributed by atoms with van der Waals surface area (Å²) in [7, 11) is 0. The van der Waals surface area contributed by atoms with E-state index in [1.807, 2.05) is 0 Å². The Labute approximate surface area is 118 Å². The molecule has 2 atom stereocenters. The van der Waals surface area contributed by atoms with Crippen LogP contribution in [0, 0.1) is 11.7 Å². The minimum absolute atomic E-state index is 0.561. The minimum Gasteiger partial charge on any atom is -0.330 e. The van der Waals surface area contributed by atoms with Crippen molar-refractivity contribution in [1.82, 2.24) is 14.5 Å². The third-order valence-corrected chi connectivity index (χ3v) is 5.16. The number of aromatic amines is 1. The molecule has 2 saturated heterocycles. The zero-order chi connectivity index (χ0) is 13.0. The number of rotatable bonds is 1. The molecule has 3 nitrogen and oxygen atoms in total. The molecule has 3 heterocycles. The van der Waals surface area contributed by atoms with Gasteiger partial charge in [0.2, 0.25) is 0 Å². The summed E-state index contributed by atoms with van der Waals surface area (Å²) >= 11 is 5.60. The summed E-state index contributed by atoms with van der Waals surface area (Å²) in [6.07, 6.45) is 3.90. The molecule has 1 aromatic heterocycles. The Morgan fingerprint density at radius 3 is 3.00 bits per heavy atom. The molecular formula is C15H19N3S. The first-order valence-electron chi connectivity index (χ1n) is 7.19. The fraction of sp³-hybridized carbons (Fsp3) is 0.533. The highest BCUT2D eigenvalue weighted by atomic mass is 32.1. The van der Waals surface area contributed by atoms with E-state index in [1.165, 1.54) is 48.9 Å². The lowest BCUT2D eigenvalue weighted by atomic mass is 10.1. The highest BCUT2D eigenvalue weighted by Gasteiger charge is 2.38. The van der Waals surface area contributed by atoms with Gasteiger partial charge in [0.25, 0.3) is 0 Å². The topological polar surface area (TPSA) is 24.0 Å².